The molecule has 3 nitrogen and oxygen atoms in total. The molecule has 1 heterocycles. The molecule has 0 saturated carbocycles. The van der Waals surface area contributed by atoms with Crippen molar-refractivity contribution in [2.75, 3.05) is 13.1 Å². The highest BCUT2D eigenvalue weighted by molar-refractivity contribution is 5.95. The van der Waals surface area contributed by atoms with E-state index in [1.807, 2.05) is 42.5 Å². The fraction of sp³-hybridized carbons (Fsp3) is 0.200. The van der Waals surface area contributed by atoms with E-state index in [4.69, 9.17) is 6.57 Å². The summed E-state index contributed by atoms with van der Waals surface area (Å²) in [6.45, 7) is 7.40. The van der Waals surface area contributed by atoms with Gasteiger partial charge in [-0.05, 0) is 63.7 Å². The zero-order chi connectivity index (χ0) is 25.3. The van der Waals surface area contributed by atoms with Gasteiger partial charge in [-0.15, -0.1) is 0 Å². The van der Waals surface area contributed by atoms with Crippen molar-refractivity contribution in [3.05, 3.63) is 113 Å². The number of rotatable bonds is 4. The van der Waals surface area contributed by atoms with Crippen LogP contribution >= 0.6 is 0 Å². The number of halogens is 3. The third kappa shape index (κ3) is 4.83. The Morgan fingerprint density at radius 3 is 2.11 bits per heavy atom. The van der Waals surface area contributed by atoms with E-state index < -0.39 is 5.92 Å². The zero-order valence-corrected chi connectivity index (χ0v) is 19.5. The van der Waals surface area contributed by atoms with E-state index in [9.17, 15) is 18.0 Å². The third-order valence-corrected chi connectivity index (χ3v) is 6.76. The van der Waals surface area contributed by atoms with Crippen molar-refractivity contribution in [1.29, 1.82) is 0 Å². The maximum Gasteiger partial charge on any atom is 0.253 e. The molecule has 0 unspecified atom stereocenters. The van der Waals surface area contributed by atoms with E-state index in [1.165, 1.54) is 17.0 Å². The molecule has 3 aromatic carbocycles. The maximum absolute atomic E-state index is 13.6. The number of amides is 1. The van der Waals surface area contributed by atoms with Crippen LogP contribution in [0.3, 0.4) is 0 Å². The molecule has 0 N–H and O–H groups in total. The Kier molecular flexibility index (Phi) is 6.24. The van der Waals surface area contributed by atoms with Crippen LogP contribution in [0.2, 0.25) is 0 Å². The second-order valence-electron chi connectivity index (χ2n) is 9.13. The smallest absolute Gasteiger partial charge is 0.253 e. The van der Waals surface area contributed by atoms with Gasteiger partial charge in [0.2, 0.25) is 0 Å². The molecule has 0 atom stereocenters. The molecule has 1 amide bonds. The minimum absolute atomic E-state index is 0.0516. The van der Waals surface area contributed by atoms with Crippen LogP contribution in [0.25, 0.3) is 32.7 Å². The van der Waals surface area contributed by atoms with Crippen LogP contribution in [0, 0.1) is 12.4 Å². The monoisotopic (exact) mass is 484 g/mol. The molecular formula is C30H23F3N2O. The molecule has 2 aliphatic rings. The highest BCUT2D eigenvalue weighted by atomic mass is 19.3. The first-order chi connectivity index (χ1) is 17.3. The van der Waals surface area contributed by atoms with E-state index in [0.717, 1.165) is 33.4 Å². The van der Waals surface area contributed by atoms with Gasteiger partial charge >= 0.3 is 0 Å². The van der Waals surface area contributed by atoms with Crippen molar-refractivity contribution in [3.63, 3.8) is 0 Å². The van der Waals surface area contributed by atoms with Gasteiger partial charge in [-0.25, -0.2) is 18.0 Å². The summed E-state index contributed by atoms with van der Waals surface area (Å²) >= 11 is 0. The number of likely N-dealkylation sites (tertiary alicyclic amines) is 1. The van der Waals surface area contributed by atoms with Gasteiger partial charge in [-0.3, -0.25) is 4.79 Å². The molecule has 36 heavy (non-hydrogen) atoms. The summed E-state index contributed by atoms with van der Waals surface area (Å²) in [6, 6.07) is 19.5. The first kappa shape index (κ1) is 23.6. The molecule has 6 heteroatoms. The number of hydrogen-bond donors (Lipinski definition) is 0. The Balaban J connectivity index is 1.43. The molecule has 1 saturated heterocycles. The summed E-state index contributed by atoms with van der Waals surface area (Å²) in [6.07, 6.45) is 3.71. The van der Waals surface area contributed by atoms with Gasteiger partial charge in [0, 0.05) is 37.9 Å². The average Bonchev–Trinajstić information content (AvgIpc) is 3.38. The van der Waals surface area contributed by atoms with E-state index in [2.05, 4.69) is 4.85 Å². The Bertz CT molecular complexity index is 1400. The Hall–Kier alpha value is -4.11. The number of nitrogens with zero attached hydrogens (tertiary/aromatic N) is 2. The summed E-state index contributed by atoms with van der Waals surface area (Å²) in [5.41, 5.74) is 6.75. The van der Waals surface area contributed by atoms with Crippen LogP contribution in [-0.2, 0) is 0 Å². The second-order valence-corrected chi connectivity index (χ2v) is 9.13. The predicted octanol–water partition coefficient (Wildman–Crippen LogP) is 7.62. The Morgan fingerprint density at radius 1 is 0.833 bits per heavy atom. The highest BCUT2D eigenvalue weighted by Crippen LogP contribution is 2.38. The molecule has 1 aliphatic carbocycles. The molecular weight excluding hydrogens is 461 g/mol. The zero-order valence-electron chi connectivity index (χ0n) is 19.5. The van der Waals surface area contributed by atoms with E-state index in [1.54, 1.807) is 24.3 Å². The van der Waals surface area contributed by atoms with Crippen molar-refractivity contribution >= 4 is 11.5 Å². The van der Waals surface area contributed by atoms with Gasteiger partial charge in [0.1, 0.15) is 5.82 Å². The number of carbonyl (C=O) groups excluding carboxylic acids is 1. The maximum atomic E-state index is 13.6. The summed E-state index contributed by atoms with van der Waals surface area (Å²) in [5.74, 6) is -3.25. The molecule has 1 aliphatic heterocycles. The van der Waals surface area contributed by atoms with Gasteiger partial charge < -0.3 is 4.90 Å². The van der Waals surface area contributed by atoms with Crippen LogP contribution < -0.4 is 0 Å². The fourth-order valence-corrected chi connectivity index (χ4v) is 4.67. The predicted molar refractivity (Wildman–Crippen MR) is 135 cm³/mol. The number of carbonyl (C=O) groups is 1. The SMILES string of the molecule is [C-]#[N+]C1=CC=C(c2ccc(-c3ccc(C(=O)N4CCC(F)(F)CC4)cc3)cc2-c2ccc(F)cc2)C1. The van der Waals surface area contributed by atoms with Crippen molar-refractivity contribution in [2.24, 2.45) is 0 Å². The molecule has 5 rings (SSSR count). The largest absolute Gasteiger partial charge is 0.338 e. The topological polar surface area (TPSA) is 24.7 Å². The fourth-order valence-electron chi connectivity index (χ4n) is 4.67. The Labute approximate surface area is 208 Å². The number of piperidine rings is 1. The van der Waals surface area contributed by atoms with Crippen molar-refractivity contribution in [3.8, 4) is 22.3 Å². The summed E-state index contributed by atoms with van der Waals surface area (Å²) in [5, 5.41) is 0. The van der Waals surface area contributed by atoms with Crippen molar-refractivity contribution < 1.29 is 18.0 Å². The van der Waals surface area contributed by atoms with Gasteiger partial charge in [0.05, 0.1) is 6.57 Å². The van der Waals surface area contributed by atoms with Gasteiger partial charge in [0.15, 0.2) is 5.70 Å². The highest BCUT2D eigenvalue weighted by Gasteiger charge is 2.35. The molecule has 0 bridgehead atoms. The van der Waals surface area contributed by atoms with E-state index in [-0.39, 0.29) is 37.7 Å². The lowest BCUT2D eigenvalue weighted by atomic mass is 9.90. The standard InChI is InChI=1S/C30H23F3N2O/c1-34-26-12-8-24(18-26)27-13-9-23(19-28(27)21-6-10-25(31)11-7-21)20-2-4-22(5-3-20)29(36)35-16-14-30(32,33)15-17-35/h2-13,19H,14-18H2. The quantitative estimate of drug-likeness (QED) is 0.350. The van der Waals surface area contributed by atoms with Crippen LogP contribution in [-0.4, -0.2) is 29.8 Å². The third-order valence-electron chi connectivity index (χ3n) is 6.76. The summed E-state index contributed by atoms with van der Waals surface area (Å²) in [4.78, 5) is 17.8. The first-order valence-electron chi connectivity index (χ1n) is 11.8. The molecule has 3 aromatic rings. The Morgan fingerprint density at radius 2 is 1.47 bits per heavy atom. The second kappa shape index (κ2) is 9.50. The van der Waals surface area contributed by atoms with Crippen molar-refractivity contribution in [2.45, 2.75) is 25.2 Å². The summed E-state index contributed by atoms with van der Waals surface area (Å²) in [7, 11) is 0. The van der Waals surface area contributed by atoms with Gasteiger partial charge in [-0.2, -0.15) is 0 Å². The number of allylic oxidation sites excluding steroid dienone is 3. The molecule has 0 radical (unpaired) electrons. The lowest BCUT2D eigenvalue weighted by Gasteiger charge is -2.31. The lowest BCUT2D eigenvalue weighted by molar-refractivity contribution is -0.0494. The minimum Gasteiger partial charge on any atom is -0.338 e. The van der Waals surface area contributed by atoms with Crippen LogP contribution in [0.4, 0.5) is 13.2 Å². The molecule has 180 valence electrons. The van der Waals surface area contributed by atoms with Crippen molar-refractivity contribution in [1.82, 2.24) is 4.90 Å². The van der Waals surface area contributed by atoms with Crippen LogP contribution in [0.5, 0.6) is 0 Å². The molecule has 0 spiro atoms. The first-order valence-corrected chi connectivity index (χ1v) is 11.8. The number of hydrogen-bond acceptors (Lipinski definition) is 1. The lowest BCUT2D eigenvalue weighted by Crippen LogP contribution is -2.42. The number of benzene rings is 3. The van der Waals surface area contributed by atoms with E-state index >= 15 is 0 Å². The average molecular weight is 485 g/mol. The number of alkyl halides is 2. The van der Waals surface area contributed by atoms with Crippen LogP contribution in [0.15, 0.2) is 84.6 Å². The van der Waals surface area contributed by atoms with E-state index in [0.29, 0.717) is 17.7 Å². The van der Waals surface area contributed by atoms with Gasteiger partial charge in [-0.1, -0.05) is 48.6 Å². The van der Waals surface area contributed by atoms with Gasteiger partial charge in [0.25, 0.3) is 11.8 Å². The summed E-state index contributed by atoms with van der Waals surface area (Å²) < 4.78 is 40.5. The normalized spacial score (nSPS) is 16.8. The minimum atomic E-state index is -2.70. The molecule has 1 fully saturated rings. The molecule has 0 aromatic heterocycles. The van der Waals surface area contributed by atoms with Crippen LogP contribution in [0.1, 0.15) is 35.2 Å².